The molecule has 110 valence electrons. The van der Waals surface area contributed by atoms with Crippen LogP contribution in [0.2, 0.25) is 0 Å². The Morgan fingerprint density at radius 1 is 1.10 bits per heavy atom. The van der Waals surface area contributed by atoms with E-state index in [0.717, 1.165) is 24.7 Å². The number of ether oxygens (including phenoxy) is 1. The van der Waals surface area contributed by atoms with Gasteiger partial charge in [0.25, 0.3) is 0 Å². The van der Waals surface area contributed by atoms with Crippen molar-refractivity contribution >= 4 is 0 Å². The van der Waals surface area contributed by atoms with Gasteiger partial charge in [-0.1, -0.05) is 25.1 Å². The number of hydrogen-bond acceptors (Lipinski definition) is 2. The van der Waals surface area contributed by atoms with Crippen LogP contribution in [-0.2, 0) is 0 Å². The van der Waals surface area contributed by atoms with E-state index in [1.54, 1.807) is 0 Å². The Hall–Kier alpha value is -1.02. The summed E-state index contributed by atoms with van der Waals surface area (Å²) in [6.07, 6.45) is 7.76. The van der Waals surface area contributed by atoms with Crippen LogP contribution in [0.4, 0.5) is 0 Å². The first-order chi connectivity index (χ1) is 9.74. The van der Waals surface area contributed by atoms with E-state index >= 15 is 0 Å². The zero-order valence-corrected chi connectivity index (χ0v) is 12.8. The van der Waals surface area contributed by atoms with Crippen LogP contribution in [0.3, 0.4) is 0 Å². The first-order valence-corrected chi connectivity index (χ1v) is 8.22. The largest absolute Gasteiger partial charge is 0.493 e. The first-order valence-electron chi connectivity index (χ1n) is 8.22. The van der Waals surface area contributed by atoms with Crippen molar-refractivity contribution in [3.8, 4) is 5.75 Å². The lowest BCUT2D eigenvalue weighted by atomic mass is 9.86. The maximum absolute atomic E-state index is 5.98. The van der Waals surface area contributed by atoms with Crippen molar-refractivity contribution in [1.82, 2.24) is 5.32 Å². The molecular weight excluding hydrogens is 246 g/mol. The van der Waals surface area contributed by atoms with Gasteiger partial charge in [-0.3, -0.25) is 0 Å². The fourth-order valence-electron chi connectivity index (χ4n) is 3.65. The maximum atomic E-state index is 5.98. The van der Waals surface area contributed by atoms with Gasteiger partial charge in [-0.25, -0.2) is 0 Å². The highest BCUT2D eigenvalue weighted by Crippen LogP contribution is 2.35. The highest BCUT2D eigenvalue weighted by atomic mass is 16.5. The third kappa shape index (κ3) is 3.01. The molecule has 1 aromatic rings. The van der Waals surface area contributed by atoms with Gasteiger partial charge in [0.15, 0.2) is 0 Å². The second-order valence-electron chi connectivity index (χ2n) is 6.66. The van der Waals surface area contributed by atoms with Gasteiger partial charge >= 0.3 is 0 Å². The minimum absolute atomic E-state index is 0.478. The number of hydrogen-bond donors (Lipinski definition) is 1. The summed E-state index contributed by atoms with van der Waals surface area (Å²) in [4.78, 5) is 0. The zero-order chi connectivity index (χ0) is 13.9. The first kappa shape index (κ1) is 13.9. The molecule has 1 N–H and O–H groups in total. The molecule has 3 rings (SSSR count). The standard InChI is InChI=1S/C18H27NO/c1-13-8-10-15(11-9-13)19-17-7-4-12-20-18-14(2)5-3-6-16(17)18/h3,5-6,13,15,17,19H,4,7-12H2,1-2H3. The summed E-state index contributed by atoms with van der Waals surface area (Å²) in [6.45, 7) is 5.40. The molecule has 0 radical (unpaired) electrons. The molecule has 1 aromatic carbocycles. The predicted molar refractivity (Wildman–Crippen MR) is 83.2 cm³/mol. The van der Waals surface area contributed by atoms with Crippen molar-refractivity contribution in [3.63, 3.8) is 0 Å². The van der Waals surface area contributed by atoms with Gasteiger partial charge in [0.1, 0.15) is 5.75 Å². The molecule has 1 fully saturated rings. The topological polar surface area (TPSA) is 21.3 Å². The summed E-state index contributed by atoms with van der Waals surface area (Å²) in [5.41, 5.74) is 2.65. The fraction of sp³-hybridized carbons (Fsp3) is 0.667. The SMILES string of the molecule is Cc1cccc2c1OCCCC2NC1CCC(C)CC1. The van der Waals surface area contributed by atoms with Crippen LogP contribution in [0, 0.1) is 12.8 Å². The third-order valence-electron chi connectivity index (χ3n) is 4.95. The molecule has 2 heteroatoms. The Labute approximate surface area is 122 Å². The maximum Gasteiger partial charge on any atom is 0.126 e. The van der Waals surface area contributed by atoms with Gasteiger partial charge in [-0.15, -0.1) is 0 Å². The minimum Gasteiger partial charge on any atom is -0.493 e. The van der Waals surface area contributed by atoms with Gasteiger partial charge in [-0.2, -0.15) is 0 Å². The lowest BCUT2D eigenvalue weighted by molar-refractivity contribution is 0.280. The fourth-order valence-corrected chi connectivity index (χ4v) is 3.65. The molecule has 1 unspecified atom stereocenters. The molecule has 2 aliphatic rings. The minimum atomic E-state index is 0.478. The molecule has 20 heavy (non-hydrogen) atoms. The third-order valence-corrected chi connectivity index (χ3v) is 4.95. The molecular formula is C18H27NO. The zero-order valence-electron chi connectivity index (χ0n) is 12.8. The molecule has 0 saturated heterocycles. The van der Waals surface area contributed by atoms with Gasteiger partial charge in [0.05, 0.1) is 6.61 Å². The molecule has 1 heterocycles. The second-order valence-corrected chi connectivity index (χ2v) is 6.66. The van der Waals surface area contributed by atoms with Gasteiger partial charge in [-0.05, 0) is 56.9 Å². The molecule has 0 aromatic heterocycles. The smallest absolute Gasteiger partial charge is 0.126 e. The van der Waals surface area contributed by atoms with Crippen molar-refractivity contribution in [3.05, 3.63) is 29.3 Å². The molecule has 0 amide bonds. The van der Waals surface area contributed by atoms with Crippen molar-refractivity contribution < 1.29 is 4.74 Å². The monoisotopic (exact) mass is 273 g/mol. The van der Waals surface area contributed by atoms with Crippen LogP contribution in [0.5, 0.6) is 5.75 Å². The lowest BCUT2D eigenvalue weighted by Gasteiger charge is -2.31. The van der Waals surface area contributed by atoms with Crippen molar-refractivity contribution in [2.75, 3.05) is 6.61 Å². The highest BCUT2D eigenvalue weighted by Gasteiger charge is 2.25. The molecule has 0 bridgehead atoms. The van der Waals surface area contributed by atoms with Crippen LogP contribution in [0.15, 0.2) is 18.2 Å². The normalized spacial score (nSPS) is 30.2. The molecule has 1 aliphatic heterocycles. The highest BCUT2D eigenvalue weighted by molar-refractivity contribution is 5.43. The van der Waals surface area contributed by atoms with E-state index in [-0.39, 0.29) is 0 Å². The van der Waals surface area contributed by atoms with Crippen LogP contribution in [0.25, 0.3) is 0 Å². The molecule has 1 saturated carbocycles. The van der Waals surface area contributed by atoms with E-state index in [1.807, 2.05) is 0 Å². The Bertz CT molecular complexity index is 449. The molecule has 0 spiro atoms. The quantitative estimate of drug-likeness (QED) is 0.863. The number of nitrogens with one attached hydrogen (secondary N) is 1. The number of aryl methyl sites for hydroxylation is 1. The van der Waals surface area contributed by atoms with E-state index in [2.05, 4.69) is 37.4 Å². The van der Waals surface area contributed by atoms with Crippen molar-refractivity contribution in [2.24, 2.45) is 5.92 Å². The summed E-state index contributed by atoms with van der Waals surface area (Å²) < 4.78 is 5.98. The summed E-state index contributed by atoms with van der Waals surface area (Å²) in [5.74, 6) is 2.05. The molecule has 1 atom stereocenters. The van der Waals surface area contributed by atoms with Crippen molar-refractivity contribution in [1.29, 1.82) is 0 Å². The van der Waals surface area contributed by atoms with Gasteiger partial charge < -0.3 is 10.1 Å². The van der Waals surface area contributed by atoms with Gasteiger partial charge in [0, 0.05) is 17.6 Å². The number of benzene rings is 1. The van der Waals surface area contributed by atoms with E-state index < -0.39 is 0 Å². The van der Waals surface area contributed by atoms with E-state index in [9.17, 15) is 0 Å². The van der Waals surface area contributed by atoms with Crippen LogP contribution >= 0.6 is 0 Å². The second kappa shape index (κ2) is 6.17. The Balaban J connectivity index is 1.75. The van der Waals surface area contributed by atoms with Crippen molar-refractivity contribution in [2.45, 2.75) is 64.5 Å². The number of rotatable bonds is 2. The van der Waals surface area contributed by atoms with Crippen LogP contribution in [-0.4, -0.2) is 12.6 Å². The van der Waals surface area contributed by atoms with E-state index in [1.165, 1.54) is 43.2 Å². The average molecular weight is 273 g/mol. The summed E-state index contributed by atoms with van der Waals surface area (Å²) in [6, 6.07) is 7.74. The van der Waals surface area contributed by atoms with Crippen LogP contribution in [0.1, 0.15) is 62.6 Å². The average Bonchev–Trinajstić information content (AvgIpc) is 2.65. The summed E-state index contributed by atoms with van der Waals surface area (Å²) >= 11 is 0. The lowest BCUT2D eigenvalue weighted by Crippen LogP contribution is -2.35. The Morgan fingerprint density at radius 3 is 2.70 bits per heavy atom. The van der Waals surface area contributed by atoms with Gasteiger partial charge in [0.2, 0.25) is 0 Å². The summed E-state index contributed by atoms with van der Waals surface area (Å²) in [5, 5.41) is 3.92. The van der Waals surface area contributed by atoms with Crippen LogP contribution < -0.4 is 10.1 Å². The summed E-state index contributed by atoms with van der Waals surface area (Å²) in [7, 11) is 0. The van der Waals surface area contributed by atoms with E-state index in [0.29, 0.717) is 12.1 Å². The van der Waals surface area contributed by atoms with E-state index in [4.69, 9.17) is 4.74 Å². The number of para-hydroxylation sites is 1. The predicted octanol–water partition coefficient (Wildman–Crippen LogP) is 4.38. The molecule has 2 nitrogen and oxygen atoms in total. The Kier molecular flexibility index (Phi) is 4.30. The number of fused-ring (bicyclic) bond motifs is 1. The Morgan fingerprint density at radius 2 is 1.90 bits per heavy atom. The molecule has 1 aliphatic carbocycles.